The van der Waals surface area contributed by atoms with Crippen molar-refractivity contribution in [1.82, 2.24) is 4.57 Å². The molecule has 1 aromatic carbocycles. The molecule has 0 N–H and O–H groups in total. The summed E-state index contributed by atoms with van der Waals surface area (Å²) in [7, 11) is 0. The first kappa shape index (κ1) is 12.2. The number of carbonyl (C=O) groups excluding carboxylic acids is 1. The van der Waals surface area contributed by atoms with Crippen molar-refractivity contribution in [3.05, 3.63) is 58.7 Å². The van der Waals surface area contributed by atoms with Gasteiger partial charge in [0.25, 0.3) is 0 Å². The molecular formula is C16H16FNO. The van der Waals surface area contributed by atoms with Crippen molar-refractivity contribution in [3.63, 3.8) is 0 Å². The van der Waals surface area contributed by atoms with Crippen molar-refractivity contribution >= 4 is 5.78 Å². The van der Waals surface area contributed by atoms with Crippen LogP contribution in [-0.4, -0.2) is 10.4 Å². The molecular weight excluding hydrogens is 241 g/mol. The number of rotatable bonds is 2. The number of carbonyl (C=O) groups is 1. The van der Waals surface area contributed by atoms with Crippen LogP contribution in [0.15, 0.2) is 30.6 Å². The van der Waals surface area contributed by atoms with Crippen LogP contribution in [0.2, 0.25) is 0 Å². The molecule has 0 fully saturated rings. The van der Waals surface area contributed by atoms with Crippen molar-refractivity contribution in [2.75, 3.05) is 0 Å². The molecule has 0 saturated carbocycles. The number of fused-ring (bicyclic) bond motifs is 1. The van der Waals surface area contributed by atoms with Gasteiger partial charge in [-0.1, -0.05) is 6.07 Å². The number of benzene rings is 1. The predicted molar refractivity (Wildman–Crippen MR) is 71.9 cm³/mol. The van der Waals surface area contributed by atoms with Crippen molar-refractivity contribution in [1.29, 1.82) is 0 Å². The maximum absolute atomic E-state index is 13.3. The Morgan fingerprint density at radius 2 is 2.11 bits per heavy atom. The van der Waals surface area contributed by atoms with Gasteiger partial charge < -0.3 is 4.57 Å². The van der Waals surface area contributed by atoms with Crippen LogP contribution >= 0.6 is 0 Å². The van der Waals surface area contributed by atoms with Crippen LogP contribution in [-0.2, 0) is 13.0 Å². The Balaban J connectivity index is 1.92. The second-order valence-electron chi connectivity index (χ2n) is 5.22. The molecule has 0 amide bonds. The summed E-state index contributed by atoms with van der Waals surface area (Å²) in [4.78, 5) is 11.8. The Kier molecular flexibility index (Phi) is 2.97. The van der Waals surface area contributed by atoms with E-state index in [0.717, 1.165) is 35.1 Å². The lowest BCUT2D eigenvalue weighted by atomic mass is 9.95. The lowest BCUT2D eigenvalue weighted by molar-refractivity contribution is 0.0973. The van der Waals surface area contributed by atoms with E-state index in [1.165, 1.54) is 6.07 Å². The summed E-state index contributed by atoms with van der Waals surface area (Å²) in [6.07, 6.45) is 6.49. The molecule has 0 aliphatic heterocycles. The maximum atomic E-state index is 13.3. The van der Waals surface area contributed by atoms with E-state index in [1.807, 2.05) is 23.9 Å². The smallest absolute Gasteiger partial charge is 0.164 e. The fourth-order valence-corrected chi connectivity index (χ4v) is 2.68. The van der Waals surface area contributed by atoms with Crippen molar-refractivity contribution in [2.24, 2.45) is 0 Å². The van der Waals surface area contributed by atoms with Crippen molar-refractivity contribution in [3.8, 4) is 0 Å². The molecule has 1 aliphatic rings. The molecule has 0 atom stereocenters. The van der Waals surface area contributed by atoms with Gasteiger partial charge in [0.05, 0.1) is 0 Å². The third-order valence-corrected chi connectivity index (χ3v) is 3.78. The van der Waals surface area contributed by atoms with E-state index >= 15 is 0 Å². The number of aryl methyl sites for hydroxylation is 2. The summed E-state index contributed by atoms with van der Waals surface area (Å²) < 4.78 is 15.3. The van der Waals surface area contributed by atoms with Crippen LogP contribution in [0.4, 0.5) is 4.39 Å². The standard InChI is InChI=1S/C16H16FNO/c1-11-5-6-14(17)7-13(11)9-18-8-12-3-2-4-16(19)15(12)10-18/h5-8,10H,2-4,9H2,1H3. The van der Waals surface area contributed by atoms with E-state index in [0.29, 0.717) is 13.0 Å². The minimum atomic E-state index is -0.214. The monoisotopic (exact) mass is 257 g/mol. The summed E-state index contributed by atoms with van der Waals surface area (Å²) in [5.41, 5.74) is 4.00. The normalized spacial score (nSPS) is 14.5. The number of aromatic nitrogens is 1. The number of halogens is 1. The van der Waals surface area contributed by atoms with E-state index in [4.69, 9.17) is 0 Å². The largest absolute Gasteiger partial charge is 0.349 e. The van der Waals surface area contributed by atoms with Gasteiger partial charge in [-0.2, -0.15) is 0 Å². The van der Waals surface area contributed by atoms with E-state index in [9.17, 15) is 9.18 Å². The highest BCUT2D eigenvalue weighted by Gasteiger charge is 2.19. The van der Waals surface area contributed by atoms with Gasteiger partial charge in [0, 0.05) is 30.9 Å². The highest BCUT2D eigenvalue weighted by Crippen LogP contribution is 2.23. The summed E-state index contributed by atoms with van der Waals surface area (Å²) in [5, 5.41) is 0. The Morgan fingerprint density at radius 3 is 2.89 bits per heavy atom. The van der Waals surface area contributed by atoms with Crippen LogP contribution in [0.1, 0.15) is 39.9 Å². The van der Waals surface area contributed by atoms with Gasteiger partial charge in [0.1, 0.15) is 5.82 Å². The number of hydrogen-bond acceptors (Lipinski definition) is 1. The summed E-state index contributed by atoms with van der Waals surface area (Å²) >= 11 is 0. The molecule has 19 heavy (non-hydrogen) atoms. The first-order valence-corrected chi connectivity index (χ1v) is 6.60. The van der Waals surface area contributed by atoms with E-state index < -0.39 is 0 Å². The molecule has 0 unspecified atom stereocenters. The van der Waals surface area contributed by atoms with Gasteiger partial charge in [-0.3, -0.25) is 4.79 Å². The number of Topliss-reactive ketones (excluding diaryl/α,β-unsaturated/α-hetero) is 1. The average Bonchev–Trinajstić information content (AvgIpc) is 2.78. The molecule has 0 bridgehead atoms. The van der Waals surface area contributed by atoms with Gasteiger partial charge in [0.15, 0.2) is 5.78 Å². The first-order valence-electron chi connectivity index (χ1n) is 6.60. The fraction of sp³-hybridized carbons (Fsp3) is 0.312. The summed E-state index contributed by atoms with van der Waals surface area (Å²) in [6.45, 7) is 2.59. The topological polar surface area (TPSA) is 22.0 Å². The molecule has 2 aromatic rings. The number of hydrogen-bond donors (Lipinski definition) is 0. The third-order valence-electron chi connectivity index (χ3n) is 3.78. The number of ketones is 1. The molecule has 98 valence electrons. The molecule has 2 nitrogen and oxygen atoms in total. The lowest BCUT2D eigenvalue weighted by Gasteiger charge is -2.07. The molecule has 1 aliphatic carbocycles. The van der Waals surface area contributed by atoms with Gasteiger partial charge in [-0.15, -0.1) is 0 Å². The SMILES string of the molecule is Cc1ccc(F)cc1Cn1cc2c(c1)C(=O)CCC2. The minimum absolute atomic E-state index is 0.214. The molecule has 3 rings (SSSR count). The molecule has 0 saturated heterocycles. The quantitative estimate of drug-likeness (QED) is 0.807. The van der Waals surface area contributed by atoms with Gasteiger partial charge >= 0.3 is 0 Å². The zero-order valence-electron chi connectivity index (χ0n) is 10.9. The van der Waals surface area contributed by atoms with Gasteiger partial charge in [-0.05, 0) is 48.6 Å². The molecule has 0 radical (unpaired) electrons. The maximum Gasteiger partial charge on any atom is 0.164 e. The van der Waals surface area contributed by atoms with Crippen LogP contribution in [0.5, 0.6) is 0 Å². The van der Waals surface area contributed by atoms with E-state index in [1.54, 1.807) is 12.1 Å². The Bertz CT molecular complexity index is 642. The lowest BCUT2D eigenvalue weighted by Crippen LogP contribution is -2.07. The Morgan fingerprint density at radius 1 is 1.26 bits per heavy atom. The minimum Gasteiger partial charge on any atom is -0.349 e. The molecule has 0 spiro atoms. The van der Waals surface area contributed by atoms with E-state index in [2.05, 4.69) is 0 Å². The molecule has 1 aromatic heterocycles. The van der Waals surface area contributed by atoms with Crippen LogP contribution in [0.25, 0.3) is 0 Å². The summed E-state index contributed by atoms with van der Waals surface area (Å²) in [6, 6.07) is 4.83. The summed E-state index contributed by atoms with van der Waals surface area (Å²) in [5.74, 6) is 0.0181. The zero-order valence-corrected chi connectivity index (χ0v) is 10.9. The van der Waals surface area contributed by atoms with Crippen LogP contribution < -0.4 is 0 Å². The average molecular weight is 257 g/mol. The van der Waals surface area contributed by atoms with Crippen molar-refractivity contribution in [2.45, 2.75) is 32.7 Å². The molecule has 1 heterocycles. The number of nitrogens with zero attached hydrogens (tertiary/aromatic N) is 1. The van der Waals surface area contributed by atoms with Crippen molar-refractivity contribution < 1.29 is 9.18 Å². The fourth-order valence-electron chi connectivity index (χ4n) is 2.68. The van der Waals surface area contributed by atoms with Gasteiger partial charge in [-0.25, -0.2) is 4.39 Å². The highest BCUT2D eigenvalue weighted by molar-refractivity contribution is 5.98. The van der Waals surface area contributed by atoms with Crippen LogP contribution in [0, 0.1) is 12.7 Å². The van der Waals surface area contributed by atoms with Crippen LogP contribution in [0.3, 0.4) is 0 Å². The van der Waals surface area contributed by atoms with Gasteiger partial charge in [0.2, 0.25) is 0 Å². The second kappa shape index (κ2) is 4.65. The van der Waals surface area contributed by atoms with E-state index in [-0.39, 0.29) is 11.6 Å². The Hall–Kier alpha value is -1.90. The predicted octanol–water partition coefficient (Wildman–Crippen LogP) is 3.50. The Labute approximate surface area is 111 Å². The highest BCUT2D eigenvalue weighted by atomic mass is 19.1. The third kappa shape index (κ3) is 2.33. The first-order chi connectivity index (χ1) is 9.13. The molecule has 3 heteroatoms. The second-order valence-corrected chi connectivity index (χ2v) is 5.22. The zero-order chi connectivity index (χ0) is 13.4.